The molecule has 0 aromatic rings. The zero-order chi connectivity index (χ0) is 25.0. The summed E-state index contributed by atoms with van der Waals surface area (Å²) in [5.41, 5.74) is 4.00. The molecule has 5 rings (SSSR count). The van der Waals surface area contributed by atoms with Crippen LogP contribution < -0.4 is 10.6 Å². The van der Waals surface area contributed by atoms with Crippen molar-refractivity contribution < 1.29 is 9.53 Å². The molecule has 4 heteroatoms. The number of nitrogens with one attached hydrogen (secondary N) is 2. The minimum Gasteiger partial charge on any atom is -0.373 e. The van der Waals surface area contributed by atoms with Gasteiger partial charge in [0, 0.05) is 24.9 Å². The molecule has 1 heterocycles. The fourth-order valence-electron chi connectivity index (χ4n) is 9.44. The van der Waals surface area contributed by atoms with Gasteiger partial charge in [0.2, 0.25) is 5.91 Å². The zero-order valence-electron chi connectivity index (χ0n) is 23.4. The average molecular weight is 485 g/mol. The largest absolute Gasteiger partial charge is 0.373 e. The van der Waals surface area contributed by atoms with Crippen molar-refractivity contribution in [2.24, 2.45) is 40.9 Å². The van der Waals surface area contributed by atoms with Crippen molar-refractivity contribution in [2.75, 3.05) is 13.2 Å². The number of carbonyl (C=O) groups excluding carboxylic acids is 1. The van der Waals surface area contributed by atoms with Crippen molar-refractivity contribution in [1.82, 2.24) is 10.6 Å². The Labute approximate surface area is 214 Å². The molecule has 10 atom stereocenters. The normalized spacial score (nSPS) is 46.1. The molecule has 5 aliphatic rings. The Bertz CT molecular complexity index is 838. The van der Waals surface area contributed by atoms with E-state index in [1.54, 1.807) is 12.5 Å². The maximum absolute atomic E-state index is 11.7. The lowest BCUT2D eigenvalue weighted by Crippen LogP contribution is -2.50. The maximum atomic E-state index is 11.7. The van der Waals surface area contributed by atoms with E-state index in [0.717, 1.165) is 55.6 Å². The molecule has 3 saturated carbocycles. The van der Waals surface area contributed by atoms with E-state index in [2.05, 4.69) is 45.3 Å². The van der Waals surface area contributed by atoms with E-state index in [-0.39, 0.29) is 11.5 Å². The predicted molar refractivity (Wildman–Crippen MR) is 143 cm³/mol. The summed E-state index contributed by atoms with van der Waals surface area (Å²) in [5, 5.41) is 7.11. The highest BCUT2D eigenvalue weighted by Gasteiger charge is 2.57. The second kappa shape index (κ2) is 9.78. The molecule has 1 saturated heterocycles. The molecule has 0 aromatic carbocycles. The molecule has 4 fully saturated rings. The molecule has 4 aliphatic carbocycles. The van der Waals surface area contributed by atoms with E-state index in [1.807, 2.05) is 5.57 Å². The van der Waals surface area contributed by atoms with Crippen molar-refractivity contribution in [1.29, 1.82) is 0 Å². The molecule has 1 amide bonds. The van der Waals surface area contributed by atoms with Gasteiger partial charge in [0.1, 0.15) is 0 Å². The second-order valence-electron chi connectivity index (χ2n) is 13.7. The fourth-order valence-corrected chi connectivity index (χ4v) is 9.44. The molecule has 4 nitrogen and oxygen atoms in total. The second-order valence-corrected chi connectivity index (χ2v) is 13.7. The number of fused-ring (bicyclic) bond motifs is 5. The van der Waals surface area contributed by atoms with Crippen LogP contribution in [0.25, 0.3) is 0 Å². The summed E-state index contributed by atoms with van der Waals surface area (Å²) in [4.78, 5) is 11.7. The highest BCUT2D eigenvalue weighted by Crippen LogP contribution is 2.65. The van der Waals surface area contributed by atoms with Crippen molar-refractivity contribution in [3.05, 3.63) is 11.1 Å². The summed E-state index contributed by atoms with van der Waals surface area (Å²) >= 11 is 0. The number of ether oxygens (including phenoxy) is 1. The molecule has 0 unspecified atom stereocenters. The Morgan fingerprint density at radius 1 is 1.20 bits per heavy atom. The van der Waals surface area contributed by atoms with Gasteiger partial charge >= 0.3 is 0 Å². The van der Waals surface area contributed by atoms with Crippen molar-refractivity contribution in [2.45, 2.75) is 123 Å². The molecule has 0 radical (unpaired) electrons. The van der Waals surface area contributed by atoms with Gasteiger partial charge in [-0.25, -0.2) is 0 Å². The topological polar surface area (TPSA) is 50.4 Å². The minimum absolute atomic E-state index is 0.0432. The van der Waals surface area contributed by atoms with Crippen LogP contribution in [0, 0.1) is 40.9 Å². The number of rotatable bonds is 5. The Hall–Kier alpha value is -0.870. The van der Waals surface area contributed by atoms with Crippen LogP contribution in [0.1, 0.15) is 106 Å². The first kappa shape index (κ1) is 25.8. The quantitative estimate of drug-likeness (QED) is 0.453. The minimum atomic E-state index is 0.0432. The van der Waals surface area contributed by atoms with E-state index in [9.17, 15) is 4.79 Å². The molecule has 1 aliphatic heterocycles. The molecule has 2 N–H and O–H groups in total. The highest BCUT2D eigenvalue weighted by atomic mass is 16.5. The van der Waals surface area contributed by atoms with Crippen LogP contribution in [0.3, 0.4) is 0 Å². The van der Waals surface area contributed by atoms with E-state index in [4.69, 9.17) is 4.74 Å². The number of allylic oxidation sites excluding steroid dienone is 1. The van der Waals surface area contributed by atoms with Crippen LogP contribution in [0.4, 0.5) is 0 Å². The first-order valence-electron chi connectivity index (χ1n) is 15.0. The SMILES string of the molecule is CC[C@H](C)CN[C@@H]1CO[C@]2(CC[C@@H]3C(=C(C)C2)C[C@H]2[C@H]3CC[C@@H]3C[C@@H](NC(C)=O)CC[C@@]32C)[C@@H]1C. The molecule has 198 valence electrons. The third kappa shape index (κ3) is 4.54. The Morgan fingerprint density at radius 3 is 2.74 bits per heavy atom. The van der Waals surface area contributed by atoms with Gasteiger partial charge < -0.3 is 15.4 Å². The molecule has 0 aromatic heterocycles. The molecule has 35 heavy (non-hydrogen) atoms. The van der Waals surface area contributed by atoms with Gasteiger partial charge in [0.25, 0.3) is 0 Å². The van der Waals surface area contributed by atoms with Crippen LogP contribution in [-0.2, 0) is 9.53 Å². The van der Waals surface area contributed by atoms with Crippen molar-refractivity contribution >= 4 is 5.91 Å². The lowest BCUT2D eigenvalue weighted by Gasteiger charge is -2.54. The summed E-state index contributed by atoms with van der Waals surface area (Å²) in [6.07, 6.45) is 12.7. The van der Waals surface area contributed by atoms with Crippen LogP contribution in [0.2, 0.25) is 0 Å². The Morgan fingerprint density at radius 2 is 2.00 bits per heavy atom. The van der Waals surface area contributed by atoms with Crippen molar-refractivity contribution in [3.63, 3.8) is 0 Å². The van der Waals surface area contributed by atoms with E-state index in [0.29, 0.717) is 23.4 Å². The van der Waals surface area contributed by atoms with Crippen LogP contribution in [0.15, 0.2) is 11.1 Å². The summed E-state index contributed by atoms with van der Waals surface area (Å²) in [5.74, 6) is 4.73. The Kier molecular flexibility index (Phi) is 7.20. The highest BCUT2D eigenvalue weighted by molar-refractivity contribution is 5.73. The Balaban J connectivity index is 1.30. The van der Waals surface area contributed by atoms with Gasteiger partial charge in [-0.1, -0.05) is 45.3 Å². The third-order valence-electron chi connectivity index (χ3n) is 12.0. The third-order valence-corrected chi connectivity index (χ3v) is 12.0. The molecular formula is C31H52N2O2. The lowest BCUT2D eigenvalue weighted by molar-refractivity contribution is -0.121. The molecule has 0 bridgehead atoms. The maximum Gasteiger partial charge on any atom is 0.217 e. The standard InChI is InChI=1S/C31H52N2O2/c1-7-19(2)17-32-29-18-35-31(21(29)4)13-11-25-26-9-8-23-14-24(33-22(5)34)10-12-30(23,6)28(26)15-27(25)20(3)16-31/h19,21,23-26,28-29,32H,7-18H2,1-6H3,(H,33,34)/t19-,21+,23+,24-,25-,26-,28-,29+,30-,31-/m0/s1. The van der Waals surface area contributed by atoms with E-state index >= 15 is 0 Å². The first-order valence-corrected chi connectivity index (χ1v) is 15.0. The summed E-state index contributed by atoms with van der Waals surface area (Å²) in [7, 11) is 0. The lowest BCUT2D eigenvalue weighted by atomic mass is 9.52. The number of hydrogen-bond acceptors (Lipinski definition) is 3. The number of carbonyl (C=O) groups is 1. The van der Waals surface area contributed by atoms with Gasteiger partial charge in [-0.3, -0.25) is 4.79 Å². The average Bonchev–Trinajstić information content (AvgIpc) is 3.30. The van der Waals surface area contributed by atoms with Gasteiger partial charge in [-0.2, -0.15) is 0 Å². The van der Waals surface area contributed by atoms with E-state index < -0.39 is 0 Å². The van der Waals surface area contributed by atoms with E-state index in [1.165, 1.54) is 51.4 Å². The number of hydrogen-bond donors (Lipinski definition) is 2. The van der Waals surface area contributed by atoms with Gasteiger partial charge in [-0.15, -0.1) is 0 Å². The monoisotopic (exact) mass is 484 g/mol. The molecule has 1 spiro atoms. The number of amides is 1. The van der Waals surface area contributed by atoms with Gasteiger partial charge in [0.15, 0.2) is 0 Å². The zero-order valence-corrected chi connectivity index (χ0v) is 23.4. The summed E-state index contributed by atoms with van der Waals surface area (Å²) < 4.78 is 6.74. The summed E-state index contributed by atoms with van der Waals surface area (Å²) in [6, 6.07) is 0.901. The van der Waals surface area contributed by atoms with Crippen molar-refractivity contribution in [3.8, 4) is 0 Å². The predicted octanol–water partition coefficient (Wildman–Crippen LogP) is 6.25. The first-order chi connectivity index (χ1) is 16.7. The van der Waals surface area contributed by atoms with Crippen LogP contribution in [-0.4, -0.2) is 36.7 Å². The van der Waals surface area contributed by atoms with Crippen LogP contribution >= 0.6 is 0 Å². The smallest absolute Gasteiger partial charge is 0.217 e. The molecular weight excluding hydrogens is 432 g/mol. The fraction of sp³-hybridized carbons (Fsp3) is 0.903. The van der Waals surface area contributed by atoms with Gasteiger partial charge in [0.05, 0.1) is 12.2 Å². The summed E-state index contributed by atoms with van der Waals surface area (Å²) in [6.45, 7) is 15.8. The van der Waals surface area contributed by atoms with Crippen LogP contribution in [0.5, 0.6) is 0 Å². The van der Waals surface area contributed by atoms with Gasteiger partial charge in [-0.05, 0) is 106 Å².